The van der Waals surface area contributed by atoms with Gasteiger partial charge in [-0.25, -0.2) is 17.5 Å². The Hall–Kier alpha value is -1.19. The van der Waals surface area contributed by atoms with Gasteiger partial charge in [-0.05, 0) is 6.92 Å². The summed E-state index contributed by atoms with van der Waals surface area (Å²) in [4.78, 5) is 24.0. The normalized spacial score (nSPS) is 26.0. The second-order valence-corrected chi connectivity index (χ2v) is 8.44. The highest BCUT2D eigenvalue weighted by Crippen LogP contribution is 2.51. The highest BCUT2D eigenvalue weighted by atomic mass is 32.2. The molecule has 9 heteroatoms. The van der Waals surface area contributed by atoms with Gasteiger partial charge in [-0.1, -0.05) is 27.7 Å². The zero-order valence-corrected chi connectivity index (χ0v) is 15.8. The molecule has 0 spiro atoms. The third kappa shape index (κ3) is 3.57. The number of hydrogen-bond donors (Lipinski definition) is 2. The van der Waals surface area contributed by atoms with Crippen molar-refractivity contribution in [2.24, 2.45) is 5.41 Å². The smallest absolute Gasteiger partial charge is 0.330 e. The highest BCUT2D eigenvalue weighted by molar-refractivity contribution is 7.89. The van der Waals surface area contributed by atoms with E-state index in [-0.39, 0.29) is 25.6 Å². The van der Waals surface area contributed by atoms with Gasteiger partial charge in [-0.15, -0.1) is 0 Å². The van der Waals surface area contributed by atoms with Gasteiger partial charge in [0.1, 0.15) is 11.3 Å². The second kappa shape index (κ2) is 7.37. The monoisotopic (exact) mass is 364 g/mol. The fraction of sp³-hybridized carbons (Fsp3) is 0.867. The van der Waals surface area contributed by atoms with Crippen molar-refractivity contribution in [3.63, 3.8) is 0 Å². The van der Waals surface area contributed by atoms with Crippen LogP contribution in [0.25, 0.3) is 0 Å². The molecule has 1 amide bonds. The molecule has 0 aromatic heterocycles. The molecule has 1 saturated carbocycles. The SMILES string of the molecule is CCOC1CC(NC(=O)CS(=O)(=O)N(CC)CC)(C(=O)O)C1(C)C. The Kier molecular flexibility index (Phi) is 6.40. The van der Waals surface area contributed by atoms with Crippen molar-refractivity contribution < 1.29 is 27.9 Å². The molecule has 0 aliphatic heterocycles. The lowest BCUT2D eigenvalue weighted by atomic mass is 9.54. The summed E-state index contributed by atoms with van der Waals surface area (Å²) in [6, 6.07) is 0. The van der Waals surface area contributed by atoms with Crippen LogP contribution < -0.4 is 5.32 Å². The van der Waals surface area contributed by atoms with Crippen LogP contribution in [-0.4, -0.2) is 66.8 Å². The molecule has 1 aliphatic rings. The summed E-state index contributed by atoms with van der Waals surface area (Å²) < 4.78 is 31.1. The Morgan fingerprint density at radius 2 is 1.79 bits per heavy atom. The fourth-order valence-electron chi connectivity index (χ4n) is 3.19. The maximum absolute atomic E-state index is 12.2. The first-order valence-electron chi connectivity index (χ1n) is 8.12. The van der Waals surface area contributed by atoms with Gasteiger partial charge in [-0.3, -0.25) is 4.79 Å². The number of rotatable bonds is 9. The van der Waals surface area contributed by atoms with E-state index >= 15 is 0 Å². The number of carbonyl (C=O) groups excluding carboxylic acids is 1. The van der Waals surface area contributed by atoms with Crippen molar-refractivity contribution in [3.8, 4) is 0 Å². The summed E-state index contributed by atoms with van der Waals surface area (Å²) in [6.45, 7) is 9.52. The Bertz CT molecular complexity index is 585. The molecule has 8 nitrogen and oxygen atoms in total. The average Bonchev–Trinajstić information content (AvgIpc) is 2.45. The lowest BCUT2D eigenvalue weighted by molar-refractivity contribution is -0.194. The van der Waals surface area contributed by atoms with E-state index in [4.69, 9.17) is 4.74 Å². The number of carboxylic acids is 1. The number of sulfonamides is 1. The molecular formula is C15H28N2O6S. The van der Waals surface area contributed by atoms with Gasteiger partial charge in [-0.2, -0.15) is 0 Å². The number of nitrogens with one attached hydrogen (secondary N) is 1. The van der Waals surface area contributed by atoms with E-state index in [2.05, 4.69) is 5.32 Å². The Labute approximate surface area is 143 Å². The van der Waals surface area contributed by atoms with Crippen molar-refractivity contribution in [2.75, 3.05) is 25.4 Å². The van der Waals surface area contributed by atoms with Crippen LogP contribution >= 0.6 is 0 Å². The Balaban J connectivity index is 2.92. The lowest BCUT2D eigenvalue weighted by Gasteiger charge is -2.58. The highest BCUT2D eigenvalue weighted by Gasteiger charge is 2.66. The molecule has 0 aromatic carbocycles. The van der Waals surface area contributed by atoms with E-state index < -0.39 is 38.6 Å². The Morgan fingerprint density at radius 1 is 1.25 bits per heavy atom. The van der Waals surface area contributed by atoms with Crippen molar-refractivity contribution in [2.45, 2.75) is 52.7 Å². The van der Waals surface area contributed by atoms with Gasteiger partial charge in [0.15, 0.2) is 0 Å². The molecule has 2 N–H and O–H groups in total. The molecule has 2 atom stereocenters. The maximum Gasteiger partial charge on any atom is 0.330 e. The minimum absolute atomic E-state index is 0.111. The van der Waals surface area contributed by atoms with Gasteiger partial charge in [0.05, 0.1) is 6.10 Å². The van der Waals surface area contributed by atoms with Crippen molar-refractivity contribution >= 4 is 21.9 Å². The largest absolute Gasteiger partial charge is 0.479 e. The number of hydrogen-bond acceptors (Lipinski definition) is 5. The summed E-state index contributed by atoms with van der Waals surface area (Å²) in [6.07, 6.45) is -0.196. The molecule has 140 valence electrons. The van der Waals surface area contributed by atoms with Gasteiger partial charge < -0.3 is 15.2 Å². The van der Waals surface area contributed by atoms with Crippen LogP contribution in [0, 0.1) is 5.41 Å². The van der Waals surface area contributed by atoms with Crippen LogP contribution in [0.5, 0.6) is 0 Å². The Morgan fingerprint density at radius 3 is 2.17 bits per heavy atom. The number of aliphatic carboxylic acids is 1. The number of carbonyl (C=O) groups is 2. The first kappa shape index (κ1) is 20.9. The maximum atomic E-state index is 12.2. The third-order valence-electron chi connectivity index (χ3n) is 4.89. The molecule has 2 unspecified atom stereocenters. The summed E-state index contributed by atoms with van der Waals surface area (Å²) >= 11 is 0. The molecule has 1 fully saturated rings. The van der Waals surface area contributed by atoms with Crippen LogP contribution in [0.1, 0.15) is 41.0 Å². The van der Waals surface area contributed by atoms with Crippen molar-refractivity contribution in [1.29, 1.82) is 0 Å². The molecule has 0 heterocycles. The lowest BCUT2D eigenvalue weighted by Crippen LogP contribution is -2.76. The number of nitrogens with zero attached hydrogens (tertiary/aromatic N) is 1. The summed E-state index contributed by atoms with van der Waals surface area (Å²) in [5, 5.41) is 12.1. The van der Waals surface area contributed by atoms with Crippen LogP contribution in [0.3, 0.4) is 0 Å². The predicted molar refractivity (Wildman–Crippen MR) is 89.0 cm³/mol. The van der Waals surface area contributed by atoms with E-state index in [0.29, 0.717) is 6.61 Å². The number of amides is 1. The summed E-state index contributed by atoms with van der Waals surface area (Å²) in [7, 11) is -3.77. The molecular weight excluding hydrogens is 336 g/mol. The topological polar surface area (TPSA) is 113 Å². The second-order valence-electron chi connectivity index (χ2n) is 6.47. The van der Waals surface area contributed by atoms with E-state index in [1.165, 1.54) is 4.31 Å². The molecule has 0 radical (unpaired) electrons. The zero-order chi connectivity index (χ0) is 18.8. The number of ether oxygens (including phenoxy) is 1. The van der Waals surface area contributed by atoms with Crippen molar-refractivity contribution in [1.82, 2.24) is 9.62 Å². The predicted octanol–water partition coefficient (Wildman–Crippen LogP) is 0.433. The number of carboxylic acid groups (broad SMARTS) is 1. The third-order valence-corrected chi connectivity index (χ3v) is 6.82. The molecule has 0 bridgehead atoms. The van der Waals surface area contributed by atoms with Crippen LogP contribution in [0.4, 0.5) is 0 Å². The standard InChI is InChI=1S/C15H28N2O6S/c1-6-17(7-2)24(21,22)10-12(18)16-15(13(19)20)9-11(23-8-3)14(15,4)5/h11H,6-10H2,1-5H3,(H,16,18)(H,19,20). The van der Waals surface area contributed by atoms with Gasteiger partial charge >= 0.3 is 5.97 Å². The average molecular weight is 364 g/mol. The summed E-state index contributed by atoms with van der Waals surface area (Å²) in [5.41, 5.74) is -2.37. The van der Waals surface area contributed by atoms with Crippen LogP contribution in [0.2, 0.25) is 0 Å². The molecule has 1 aliphatic carbocycles. The van der Waals surface area contributed by atoms with Crippen molar-refractivity contribution in [3.05, 3.63) is 0 Å². The molecule has 0 saturated heterocycles. The van der Waals surface area contributed by atoms with Gasteiger partial charge in [0.2, 0.25) is 15.9 Å². The fourth-order valence-corrected chi connectivity index (χ4v) is 4.56. The minimum Gasteiger partial charge on any atom is -0.479 e. The quantitative estimate of drug-likeness (QED) is 0.613. The molecule has 24 heavy (non-hydrogen) atoms. The van der Waals surface area contributed by atoms with Gasteiger partial charge in [0, 0.05) is 31.5 Å². The first-order chi connectivity index (χ1) is 11.0. The molecule has 1 rings (SSSR count). The minimum atomic E-state index is -3.77. The summed E-state index contributed by atoms with van der Waals surface area (Å²) in [5.74, 6) is -2.76. The van der Waals surface area contributed by atoms with E-state index in [1.54, 1.807) is 27.7 Å². The zero-order valence-electron chi connectivity index (χ0n) is 15.0. The molecule has 0 aromatic rings. The van der Waals surface area contributed by atoms with Crippen LogP contribution in [-0.2, 0) is 24.3 Å². The van der Waals surface area contributed by atoms with Gasteiger partial charge in [0.25, 0.3) is 0 Å². The van der Waals surface area contributed by atoms with E-state index in [9.17, 15) is 23.1 Å². The first-order valence-corrected chi connectivity index (χ1v) is 9.73. The van der Waals surface area contributed by atoms with E-state index in [0.717, 1.165) is 0 Å². The van der Waals surface area contributed by atoms with Crippen LogP contribution in [0.15, 0.2) is 0 Å². The van der Waals surface area contributed by atoms with E-state index in [1.807, 2.05) is 6.92 Å².